The molecule has 2 aromatic heterocycles. The highest BCUT2D eigenvalue weighted by molar-refractivity contribution is 7.89. The second-order valence-corrected chi connectivity index (χ2v) is 13.4. The summed E-state index contributed by atoms with van der Waals surface area (Å²) in [5, 5.41) is 4.49. The van der Waals surface area contributed by atoms with E-state index in [9.17, 15) is 8.42 Å². The van der Waals surface area contributed by atoms with Gasteiger partial charge >= 0.3 is 0 Å². The van der Waals surface area contributed by atoms with Gasteiger partial charge in [-0.15, -0.1) is 0 Å². The van der Waals surface area contributed by atoms with Crippen molar-refractivity contribution in [2.24, 2.45) is 5.73 Å². The molecule has 1 aliphatic carbocycles. The van der Waals surface area contributed by atoms with Crippen LogP contribution in [0.25, 0.3) is 22.0 Å². The quantitative estimate of drug-likeness (QED) is 0.341. The summed E-state index contributed by atoms with van der Waals surface area (Å²) in [6, 6.07) is 17.6. The lowest BCUT2D eigenvalue weighted by molar-refractivity contribution is 0.0730. The third-order valence-electron chi connectivity index (χ3n) is 8.58. The number of benzene rings is 2. The average molecular weight is 585 g/mol. The second-order valence-electron chi connectivity index (χ2n) is 11.4. The van der Waals surface area contributed by atoms with Gasteiger partial charge in [0.1, 0.15) is 5.82 Å². The maximum atomic E-state index is 13.2. The first-order valence-corrected chi connectivity index (χ1v) is 16.3. The van der Waals surface area contributed by atoms with Gasteiger partial charge in [0.15, 0.2) is 0 Å². The van der Waals surface area contributed by atoms with Crippen LogP contribution in [-0.2, 0) is 27.6 Å². The van der Waals surface area contributed by atoms with Crippen LogP contribution in [0.5, 0.6) is 0 Å². The molecule has 4 heterocycles. The molecule has 0 bridgehead atoms. The van der Waals surface area contributed by atoms with Gasteiger partial charge in [0.2, 0.25) is 10.0 Å². The Labute approximate surface area is 246 Å². The van der Waals surface area contributed by atoms with Crippen LogP contribution < -0.4 is 16.0 Å². The Bertz CT molecular complexity index is 1740. The number of rotatable bonds is 6. The van der Waals surface area contributed by atoms with Gasteiger partial charge in [0, 0.05) is 55.2 Å². The summed E-state index contributed by atoms with van der Waals surface area (Å²) in [5.74, 6) is 0.642. The standard InChI is InChI=1S/C32H36N6O3S/c33-24-11-13-37(21-24)32-27-6-1-2-7-29(27)36-30-9-8-22(18-28(30)32)23-10-12-34-31(19-23)35-25-4-3-5-26(20-25)42(39,40)38-14-16-41-17-15-38/h3-5,8-10,12,18-20,24H,1-2,6-7,11,13-17,21,33H2,(H,34,35)/t24-/m1/s1. The third-order valence-corrected chi connectivity index (χ3v) is 10.5. The Balaban J connectivity index is 1.21. The summed E-state index contributed by atoms with van der Waals surface area (Å²) in [4.78, 5) is 12.4. The number of fused-ring (bicyclic) bond motifs is 2. The highest BCUT2D eigenvalue weighted by Gasteiger charge is 2.28. The lowest BCUT2D eigenvalue weighted by atomic mass is 9.91. The molecule has 1 atom stereocenters. The largest absolute Gasteiger partial charge is 0.379 e. The maximum Gasteiger partial charge on any atom is 0.243 e. The first kappa shape index (κ1) is 27.3. The van der Waals surface area contributed by atoms with Crippen LogP contribution in [0.15, 0.2) is 65.7 Å². The number of aromatic nitrogens is 2. The zero-order valence-corrected chi connectivity index (χ0v) is 24.4. The number of hydrogen-bond acceptors (Lipinski definition) is 8. The fourth-order valence-electron chi connectivity index (χ4n) is 6.43. The van der Waals surface area contributed by atoms with E-state index in [1.54, 1.807) is 24.4 Å². The number of pyridine rings is 2. The highest BCUT2D eigenvalue weighted by atomic mass is 32.2. The van der Waals surface area contributed by atoms with Crippen molar-refractivity contribution >= 4 is 38.1 Å². The van der Waals surface area contributed by atoms with Crippen molar-refractivity contribution in [1.29, 1.82) is 0 Å². The van der Waals surface area contributed by atoms with Gasteiger partial charge in [0.25, 0.3) is 0 Å². The van der Waals surface area contributed by atoms with Crippen LogP contribution >= 0.6 is 0 Å². The number of sulfonamides is 1. The lowest BCUT2D eigenvalue weighted by Gasteiger charge is -2.28. The van der Waals surface area contributed by atoms with Crippen LogP contribution in [0.4, 0.5) is 17.2 Å². The minimum Gasteiger partial charge on any atom is -0.379 e. The third kappa shape index (κ3) is 5.24. The van der Waals surface area contributed by atoms with Gasteiger partial charge in [-0.2, -0.15) is 4.31 Å². The molecule has 4 aromatic rings. The van der Waals surface area contributed by atoms with E-state index >= 15 is 0 Å². The monoisotopic (exact) mass is 584 g/mol. The van der Waals surface area contributed by atoms with Crippen molar-refractivity contribution in [3.8, 4) is 11.1 Å². The molecule has 2 saturated heterocycles. The summed E-state index contributed by atoms with van der Waals surface area (Å²) in [6.45, 7) is 3.39. The molecular formula is C32H36N6O3S. The van der Waals surface area contributed by atoms with Crippen LogP contribution in [-0.4, -0.2) is 68.1 Å². The van der Waals surface area contributed by atoms with E-state index < -0.39 is 10.0 Å². The van der Waals surface area contributed by atoms with Gasteiger partial charge < -0.3 is 20.7 Å². The lowest BCUT2D eigenvalue weighted by Crippen LogP contribution is -2.40. The van der Waals surface area contributed by atoms with Crippen molar-refractivity contribution < 1.29 is 13.2 Å². The van der Waals surface area contributed by atoms with E-state index in [4.69, 9.17) is 15.5 Å². The second kappa shape index (κ2) is 11.3. The molecule has 7 rings (SSSR count). The molecule has 0 amide bonds. The Hall–Kier alpha value is -3.57. The number of nitrogens with zero attached hydrogens (tertiary/aromatic N) is 4. The van der Waals surface area contributed by atoms with Crippen LogP contribution in [0.2, 0.25) is 0 Å². The van der Waals surface area contributed by atoms with Crippen molar-refractivity contribution in [2.45, 2.75) is 43.0 Å². The minimum absolute atomic E-state index is 0.201. The first-order valence-electron chi connectivity index (χ1n) is 14.8. The van der Waals surface area contributed by atoms with Gasteiger partial charge in [-0.05, 0) is 91.3 Å². The van der Waals surface area contributed by atoms with Gasteiger partial charge in [-0.1, -0.05) is 12.1 Å². The molecule has 42 heavy (non-hydrogen) atoms. The predicted molar refractivity (Wildman–Crippen MR) is 166 cm³/mol. The van der Waals surface area contributed by atoms with E-state index in [2.05, 4.69) is 33.4 Å². The van der Waals surface area contributed by atoms with E-state index in [1.165, 1.54) is 39.5 Å². The van der Waals surface area contributed by atoms with E-state index in [0.29, 0.717) is 37.8 Å². The number of morpholine rings is 1. The molecule has 2 fully saturated rings. The highest BCUT2D eigenvalue weighted by Crippen LogP contribution is 2.39. The summed E-state index contributed by atoms with van der Waals surface area (Å²) < 4.78 is 33.2. The molecule has 0 saturated carbocycles. The average Bonchev–Trinajstić information content (AvgIpc) is 3.45. The number of nitrogens with two attached hydrogens (primary N) is 1. The molecule has 0 radical (unpaired) electrons. The normalized spacial score (nSPS) is 19.6. The molecule has 10 heteroatoms. The fourth-order valence-corrected chi connectivity index (χ4v) is 7.88. The summed E-state index contributed by atoms with van der Waals surface area (Å²) in [7, 11) is -3.60. The van der Waals surface area contributed by atoms with Crippen molar-refractivity contribution in [3.05, 3.63) is 72.1 Å². The summed E-state index contributed by atoms with van der Waals surface area (Å²) >= 11 is 0. The zero-order valence-electron chi connectivity index (χ0n) is 23.6. The van der Waals surface area contributed by atoms with E-state index in [0.717, 1.165) is 49.0 Å². The molecule has 0 unspecified atom stereocenters. The smallest absolute Gasteiger partial charge is 0.243 e. The molecule has 218 valence electrons. The molecular weight excluding hydrogens is 548 g/mol. The number of aryl methyl sites for hydroxylation is 1. The van der Waals surface area contributed by atoms with E-state index in [-0.39, 0.29) is 10.9 Å². The SMILES string of the molecule is N[C@@H]1CCN(c2c3c(nc4ccc(-c5ccnc(Nc6cccc(S(=O)(=O)N7CCOCC7)c6)c5)cc24)CCCC3)C1. The number of nitrogens with one attached hydrogen (secondary N) is 1. The van der Waals surface area contributed by atoms with E-state index in [1.807, 2.05) is 18.2 Å². The summed E-state index contributed by atoms with van der Waals surface area (Å²) in [5.41, 5.74) is 14.1. The Morgan fingerprint density at radius 1 is 0.952 bits per heavy atom. The molecule has 3 aliphatic rings. The fraction of sp³-hybridized carbons (Fsp3) is 0.375. The Kier molecular flexibility index (Phi) is 7.31. The Morgan fingerprint density at radius 2 is 1.79 bits per heavy atom. The van der Waals surface area contributed by atoms with Gasteiger partial charge in [-0.25, -0.2) is 13.4 Å². The molecule has 2 aromatic carbocycles. The summed E-state index contributed by atoms with van der Waals surface area (Å²) in [6.07, 6.45) is 7.27. The van der Waals surface area contributed by atoms with Crippen molar-refractivity contribution in [2.75, 3.05) is 49.6 Å². The van der Waals surface area contributed by atoms with Crippen LogP contribution in [0.1, 0.15) is 30.5 Å². The Morgan fingerprint density at radius 3 is 2.62 bits per heavy atom. The molecule has 3 N–H and O–H groups in total. The topological polar surface area (TPSA) is 114 Å². The van der Waals surface area contributed by atoms with Crippen molar-refractivity contribution in [3.63, 3.8) is 0 Å². The van der Waals surface area contributed by atoms with Gasteiger partial charge in [-0.3, -0.25) is 4.98 Å². The zero-order chi connectivity index (χ0) is 28.7. The number of hydrogen-bond donors (Lipinski definition) is 2. The molecule has 2 aliphatic heterocycles. The van der Waals surface area contributed by atoms with Crippen molar-refractivity contribution in [1.82, 2.24) is 14.3 Å². The number of ether oxygens (including phenoxy) is 1. The maximum absolute atomic E-state index is 13.2. The molecule has 9 nitrogen and oxygen atoms in total. The first-order chi connectivity index (χ1) is 20.5. The molecule has 0 spiro atoms. The minimum atomic E-state index is -3.60. The van der Waals surface area contributed by atoms with Crippen LogP contribution in [0, 0.1) is 0 Å². The van der Waals surface area contributed by atoms with Gasteiger partial charge in [0.05, 0.1) is 29.3 Å². The van der Waals surface area contributed by atoms with Crippen LogP contribution in [0.3, 0.4) is 0 Å². The number of anilines is 3. The predicted octanol–water partition coefficient (Wildman–Crippen LogP) is 4.48.